The van der Waals surface area contributed by atoms with Crippen molar-refractivity contribution in [2.45, 2.75) is 22.7 Å². The van der Waals surface area contributed by atoms with Gasteiger partial charge in [-0.1, -0.05) is 29.2 Å². The zero-order chi connectivity index (χ0) is 30.4. The molecule has 2 saturated heterocycles. The Morgan fingerprint density at radius 3 is 2.37 bits per heavy atom. The van der Waals surface area contributed by atoms with E-state index in [1.807, 2.05) is 0 Å². The third kappa shape index (κ3) is 4.96. The van der Waals surface area contributed by atoms with Crippen molar-refractivity contribution in [2.24, 2.45) is 5.92 Å². The summed E-state index contributed by atoms with van der Waals surface area (Å²) < 4.78 is 17.6. The third-order valence-electron chi connectivity index (χ3n) is 7.79. The number of nitro benzene ring substituents is 1. The second-order valence-corrected chi connectivity index (χ2v) is 12.2. The molecule has 3 aliphatic heterocycles. The minimum absolute atomic E-state index is 0.172. The Bertz CT molecular complexity index is 1680. The molecule has 224 valence electrons. The summed E-state index contributed by atoms with van der Waals surface area (Å²) in [5.41, 5.74) is 0.674. The maximum Gasteiger partial charge on any atom is 0.308 e. The lowest BCUT2D eigenvalue weighted by atomic mass is 9.83. The smallest absolute Gasteiger partial charge is 0.308 e. The number of hydrogen-bond donors (Lipinski definition) is 0. The number of fused-ring (bicyclic) bond motifs is 2. The number of ether oxygens (including phenoxy) is 3. The number of imide groups is 1. The fourth-order valence-corrected chi connectivity index (χ4v) is 8.46. The van der Waals surface area contributed by atoms with Gasteiger partial charge < -0.3 is 19.1 Å². The zero-order valence-corrected chi connectivity index (χ0v) is 24.7. The molecule has 0 aliphatic carbocycles. The van der Waals surface area contributed by atoms with Gasteiger partial charge in [0.15, 0.2) is 11.5 Å². The number of aromatic nitrogens is 1. The first-order valence-electron chi connectivity index (χ1n) is 13.3. The van der Waals surface area contributed by atoms with Crippen molar-refractivity contribution in [1.29, 1.82) is 0 Å². The van der Waals surface area contributed by atoms with Crippen LogP contribution in [0.1, 0.15) is 16.4 Å². The van der Waals surface area contributed by atoms with E-state index in [0.717, 1.165) is 28.0 Å². The van der Waals surface area contributed by atoms with Crippen molar-refractivity contribution in [1.82, 2.24) is 9.47 Å². The maximum absolute atomic E-state index is 14.1. The highest BCUT2D eigenvalue weighted by Gasteiger charge is 2.57. The summed E-state index contributed by atoms with van der Waals surface area (Å²) in [6.45, 7) is 1.46. The molecule has 3 atom stereocenters. The highest BCUT2D eigenvalue weighted by atomic mass is 32.2. The quantitative estimate of drug-likeness (QED) is 0.217. The van der Waals surface area contributed by atoms with Crippen LogP contribution in [0.2, 0.25) is 0 Å². The summed E-state index contributed by atoms with van der Waals surface area (Å²) >= 11 is 2.05. The van der Waals surface area contributed by atoms with E-state index in [9.17, 15) is 29.3 Å². The van der Waals surface area contributed by atoms with Crippen LogP contribution in [-0.4, -0.2) is 77.9 Å². The van der Waals surface area contributed by atoms with E-state index in [4.69, 9.17) is 14.2 Å². The van der Waals surface area contributed by atoms with Gasteiger partial charge in [-0.15, -0.1) is 0 Å². The van der Waals surface area contributed by atoms with Gasteiger partial charge in [-0.25, -0.2) is 4.90 Å². The van der Waals surface area contributed by atoms with Gasteiger partial charge in [-0.2, -0.15) is 0 Å². The van der Waals surface area contributed by atoms with Crippen molar-refractivity contribution < 1.29 is 33.5 Å². The third-order valence-corrected chi connectivity index (χ3v) is 10.4. The summed E-state index contributed by atoms with van der Waals surface area (Å²) in [6, 6.07) is 10.4. The molecule has 4 heterocycles. The topological polar surface area (TPSA) is 151 Å². The number of morpholine rings is 1. The first kappa shape index (κ1) is 28.9. The van der Waals surface area contributed by atoms with E-state index < -0.39 is 33.8 Å². The molecule has 3 aliphatic rings. The van der Waals surface area contributed by atoms with Crippen LogP contribution in [0.5, 0.6) is 11.5 Å². The van der Waals surface area contributed by atoms with Crippen LogP contribution in [0.4, 0.5) is 11.4 Å². The maximum atomic E-state index is 14.1. The molecule has 2 unspecified atom stereocenters. The van der Waals surface area contributed by atoms with E-state index in [1.165, 1.54) is 43.1 Å². The number of methoxy groups -OCH3 is 2. The number of nitrogens with zero attached hydrogens (tertiary/aromatic N) is 4. The van der Waals surface area contributed by atoms with Crippen LogP contribution in [0, 0.1) is 16.0 Å². The molecule has 1 aromatic heterocycles. The molecule has 0 bridgehead atoms. The predicted octanol–water partition coefficient (Wildman–Crippen LogP) is 2.49. The number of thioether (sulfide) groups is 1. The Labute approximate surface area is 253 Å². The lowest BCUT2D eigenvalue weighted by Gasteiger charge is -2.31. The van der Waals surface area contributed by atoms with E-state index in [0.29, 0.717) is 53.3 Å². The van der Waals surface area contributed by atoms with Crippen LogP contribution in [-0.2, 0) is 25.7 Å². The first-order chi connectivity index (χ1) is 20.7. The van der Waals surface area contributed by atoms with Crippen molar-refractivity contribution in [3.63, 3.8) is 0 Å². The average molecular weight is 627 g/mol. The van der Waals surface area contributed by atoms with Crippen LogP contribution in [0.15, 0.2) is 52.3 Å². The lowest BCUT2D eigenvalue weighted by molar-refractivity contribution is -0.384. The number of carbonyl (C=O) groups is 3. The van der Waals surface area contributed by atoms with Gasteiger partial charge in [0.2, 0.25) is 17.7 Å². The number of nitro groups is 1. The van der Waals surface area contributed by atoms with Gasteiger partial charge in [0, 0.05) is 36.0 Å². The average Bonchev–Trinajstić information content (AvgIpc) is 3.47. The number of anilines is 1. The molecule has 0 radical (unpaired) electrons. The second kappa shape index (κ2) is 11.5. The predicted molar refractivity (Wildman–Crippen MR) is 156 cm³/mol. The molecule has 13 nitrogen and oxygen atoms in total. The van der Waals surface area contributed by atoms with Crippen molar-refractivity contribution in [2.75, 3.05) is 45.4 Å². The van der Waals surface area contributed by atoms with Gasteiger partial charge in [-0.3, -0.25) is 33.9 Å². The van der Waals surface area contributed by atoms with Crippen molar-refractivity contribution in [3.05, 3.63) is 72.7 Å². The SMILES string of the molecule is COc1ccc([C@@H]2c3sc(=O)n(CC(=O)N4CCOCC4)c3SC3C(=O)N(c4ccc([N+](=O)[O-])cc4)C(=O)C32)cc1OC. The molecule has 3 aromatic rings. The standard InChI is InChI=1S/C28H26N4O9S2/c1-39-18-8-3-15(13-19(18)40-2)21-22-23(26(35)31(25(22)34)16-4-6-17(7-5-16)32(37)38)42-27-24(21)43-28(36)30(27)14-20(33)29-9-11-41-12-10-29/h3-8,13,21-23H,9-12,14H2,1-2H3/t21-,22?,23?/m0/s1. The number of hydrogen-bond acceptors (Lipinski definition) is 11. The Morgan fingerprint density at radius 2 is 1.72 bits per heavy atom. The normalized spacial score (nSPS) is 21.4. The first-order valence-corrected chi connectivity index (χ1v) is 15.0. The van der Waals surface area contributed by atoms with Gasteiger partial charge in [0.05, 0.1) is 49.0 Å². The lowest BCUT2D eigenvalue weighted by Crippen LogP contribution is -2.43. The number of carbonyl (C=O) groups excluding carboxylic acids is 3. The number of rotatable bonds is 7. The van der Waals surface area contributed by atoms with Crippen LogP contribution >= 0.6 is 23.1 Å². The summed E-state index contributed by atoms with van der Waals surface area (Å²) in [4.78, 5) is 68.0. The molecular weight excluding hydrogens is 600 g/mol. The second-order valence-electron chi connectivity index (χ2n) is 10.1. The molecule has 0 N–H and O–H groups in total. The fourth-order valence-electron chi connectivity index (χ4n) is 5.69. The summed E-state index contributed by atoms with van der Waals surface area (Å²) in [5, 5.41) is 10.7. The van der Waals surface area contributed by atoms with Crippen LogP contribution in [0.25, 0.3) is 0 Å². The Kier molecular flexibility index (Phi) is 7.70. The number of thiazole rings is 1. The van der Waals surface area contributed by atoms with E-state index in [-0.39, 0.29) is 28.7 Å². The van der Waals surface area contributed by atoms with E-state index >= 15 is 0 Å². The molecule has 6 rings (SSSR count). The number of amides is 3. The number of non-ortho nitro benzene ring substituents is 1. The molecule has 15 heteroatoms. The molecular formula is C28H26N4O9S2. The highest BCUT2D eigenvalue weighted by molar-refractivity contribution is 8.00. The molecule has 43 heavy (non-hydrogen) atoms. The van der Waals surface area contributed by atoms with Gasteiger partial charge >= 0.3 is 4.87 Å². The summed E-state index contributed by atoms with van der Waals surface area (Å²) in [7, 11) is 2.99. The van der Waals surface area contributed by atoms with E-state index in [2.05, 4.69) is 0 Å². The molecule has 2 aromatic carbocycles. The molecule has 0 saturated carbocycles. The minimum Gasteiger partial charge on any atom is -0.493 e. The largest absolute Gasteiger partial charge is 0.493 e. The summed E-state index contributed by atoms with van der Waals surface area (Å²) in [5.74, 6) is -1.95. The zero-order valence-electron chi connectivity index (χ0n) is 23.1. The molecule has 2 fully saturated rings. The monoisotopic (exact) mass is 626 g/mol. The highest BCUT2D eigenvalue weighted by Crippen LogP contribution is 2.54. The minimum atomic E-state index is -0.910. The van der Waals surface area contributed by atoms with Crippen molar-refractivity contribution in [3.8, 4) is 11.5 Å². The Balaban J connectivity index is 1.45. The van der Waals surface area contributed by atoms with Gasteiger partial charge in [0.1, 0.15) is 11.8 Å². The van der Waals surface area contributed by atoms with Crippen LogP contribution < -0.4 is 19.2 Å². The van der Waals surface area contributed by atoms with E-state index in [1.54, 1.807) is 23.1 Å². The van der Waals surface area contributed by atoms with Gasteiger partial charge in [0.25, 0.3) is 5.69 Å². The fraction of sp³-hybridized carbons (Fsp3) is 0.357. The van der Waals surface area contributed by atoms with Crippen molar-refractivity contribution >= 4 is 52.2 Å². The Morgan fingerprint density at radius 1 is 1.02 bits per heavy atom. The molecule has 0 spiro atoms. The summed E-state index contributed by atoms with van der Waals surface area (Å²) in [6.07, 6.45) is 0. The Hall–Kier alpha value is -4.21. The molecule has 3 amide bonds. The van der Waals surface area contributed by atoms with Crippen LogP contribution in [0.3, 0.4) is 0 Å². The number of benzene rings is 2. The van der Waals surface area contributed by atoms with Gasteiger partial charge in [-0.05, 0) is 29.8 Å².